The van der Waals surface area contributed by atoms with Gasteiger partial charge < -0.3 is 15.8 Å². The SMILES string of the molecule is COCCCNc1ccc2ncccc2c1N. The predicted octanol–water partition coefficient (Wildman–Crippen LogP) is 2.27. The third-order valence-corrected chi connectivity index (χ3v) is 2.67. The summed E-state index contributed by atoms with van der Waals surface area (Å²) in [5.41, 5.74) is 8.74. The molecule has 2 rings (SSSR count). The Bertz CT molecular complexity index is 499. The number of rotatable bonds is 5. The van der Waals surface area contributed by atoms with Gasteiger partial charge in [-0.1, -0.05) is 0 Å². The molecule has 1 aromatic heterocycles. The molecule has 0 aliphatic heterocycles. The number of nitrogens with one attached hydrogen (secondary N) is 1. The first kappa shape index (κ1) is 11.7. The molecule has 3 N–H and O–H groups in total. The second-order valence-electron chi connectivity index (χ2n) is 3.87. The minimum absolute atomic E-state index is 0.752. The van der Waals surface area contributed by atoms with Crippen molar-refractivity contribution >= 4 is 22.3 Å². The minimum atomic E-state index is 0.752. The number of ether oxygens (including phenoxy) is 1. The maximum absolute atomic E-state index is 6.10. The van der Waals surface area contributed by atoms with E-state index in [2.05, 4.69) is 10.3 Å². The summed E-state index contributed by atoms with van der Waals surface area (Å²) in [4.78, 5) is 4.27. The topological polar surface area (TPSA) is 60.2 Å². The summed E-state index contributed by atoms with van der Waals surface area (Å²) in [6.07, 6.45) is 2.73. The van der Waals surface area contributed by atoms with Gasteiger partial charge >= 0.3 is 0 Å². The Balaban J connectivity index is 2.15. The summed E-state index contributed by atoms with van der Waals surface area (Å²) >= 11 is 0. The summed E-state index contributed by atoms with van der Waals surface area (Å²) in [5, 5.41) is 4.30. The van der Waals surface area contributed by atoms with Gasteiger partial charge in [0.15, 0.2) is 0 Å². The Labute approximate surface area is 101 Å². The van der Waals surface area contributed by atoms with Gasteiger partial charge in [-0.2, -0.15) is 0 Å². The van der Waals surface area contributed by atoms with Crippen LogP contribution >= 0.6 is 0 Å². The highest BCUT2D eigenvalue weighted by Gasteiger charge is 2.03. The zero-order valence-corrected chi connectivity index (χ0v) is 9.94. The summed E-state index contributed by atoms with van der Waals surface area (Å²) in [5.74, 6) is 0. The molecule has 0 bridgehead atoms. The molecule has 0 aliphatic rings. The van der Waals surface area contributed by atoms with E-state index in [1.54, 1.807) is 13.3 Å². The number of pyridine rings is 1. The highest BCUT2D eigenvalue weighted by atomic mass is 16.5. The third-order valence-electron chi connectivity index (χ3n) is 2.67. The van der Waals surface area contributed by atoms with E-state index in [1.807, 2.05) is 24.3 Å². The zero-order chi connectivity index (χ0) is 12.1. The molecule has 17 heavy (non-hydrogen) atoms. The molecular formula is C13H17N3O. The van der Waals surface area contributed by atoms with Crippen molar-refractivity contribution in [1.82, 2.24) is 4.98 Å². The first-order valence-corrected chi connectivity index (χ1v) is 5.69. The lowest BCUT2D eigenvalue weighted by atomic mass is 10.1. The van der Waals surface area contributed by atoms with Crippen molar-refractivity contribution in [3.63, 3.8) is 0 Å². The van der Waals surface area contributed by atoms with Gasteiger partial charge in [0.2, 0.25) is 0 Å². The number of hydrogen-bond donors (Lipinski definition) is 2. The van der Waals surface area contributed by atoms with Crippen LogP contribution in [0.15, 0.2) is 30.5 Å². The molecule has 0 aliphatic carbocycles. The van der Waals surface area contributed by atoms with Crippen LogP contribution in [0.25, 0.3) is 10.9 Å². The van der Waals surface area contributed by atoms with Crippen molar-refractivity contribution in [2.75, 3.05) is 31.3 Å². The largest absolute Gasteiger partial charge is 0.397 e. The summed E-state index contributed by atoms with van der Waals surface area (Å²) < 4.78 is 5.00. The molecule has 0 saturated carbocycles. The quantitative estimate of drug-likeness (QED) is 0.612. The standard InChI is InChI=1S/C13H17N3O/c1-17-9-3-8-16-12-6-5-11-10(13(12)14)4-2-7-15-11/h2,4-7,16H,3,8-9,14H2,1H3. The molecule has 0 saturated heterocycles. The fourth-order valence-corrected chi connectivity index (χ4v) is 1.77. The molecule has 4 heteroatoms. The number of nitrogen functional groups attached to an aromatic ring is 1. The normalized spacial score (nSPS) is 10.6. The van der Waals surface area contributed by atoms with Crippen LogP contribution in [0.1, 0.15) is 6.42 Å². The summed E-state index contributed by atoms with van der Waals surface area (Å²) in [7, 11) is 1.70. The Hall–Kier alpha value is -1.81. The molecule has 0 spiro atoms. The Morgan fingerprint density at radius 3 is 3.06 bits per heavy atom. The highest BCUT2D eigenvalue weighted by Crippen LogP contribution is 2.27. The van der Waals surface area contributed by atoms with Crippen molar-refractivity contribution in [2.45, 2.75) is 6.42 Å². The second-order valence-corrected chi connectivity index (χ2v) is 3.87. The van der Waals surface area contributed by atoms with Gasteiger partial charge in [-0.25, -0.2) is 0 Å². The first-order valence-electron chi connectivity index (χ1n) is 5.69. The average molecular weight is 231 g/mol. The molecule has 0 radical (unpaired) electrons. The van der Waals surface area contributed by atoms with Gasteiger partial charge in [0.1, 0.15) is 0 Å². The zero-order valence-electron chi connectivity index (χ0n) is 9.94. The number of nitrogens with two attached hydrogens (primary N) is 1. The molecule has 1 aromatic carbocycles. The van der Waals surface area contributed by atoms with Gasteiger partial charge in [0.25, 0.3) is 0 Å². The van der Waals surface area contributed by atoms with Crippen molar-refractivity contribution in [2.24, 2.45) is 0 Å². The fraction of sp³-hybridized carbons (Fsp3) is 0.308. The monoisotopic (exact) mass is 231 g/mol. The van der Waals surface area contributed by atoms with E-state index in [4.69, 9.17) is 10.5 Å². The van der Waals surface area contributed by atoms with E-state index in [0.29, 0.717) is 0 Å². The van der Waals surface area contributed by atoms with E-state index >= 15 is 0 Å². The lowest BCUT2D eigenvalue weighted by molar-refractivity contribution is 0.198. The second kappa shape index (κ2) is 5.50. The smallest absolute Gasteiger partial charge is 0.0724 e. The first-order chi connectivity index (χ1) is 8.33. The van der Waals surface area contributed by atoms with Crippen LogP contribution in [0.4, 0.5) is 11.4 Å². The van der Waals surface area contributed by atoms with Crippen LogP contribution in [-0.2, 0) is 4.74 Å². The van der Waals surface area contributed by atoms with Gasteiger partial charge in [-0.3, -0.25) is 4.98 Å². The van der Waals surface area contributed by atoms with Crippen LogP contribution in [-0.4, -0.2) is 25.2 Å². The maximum Gasteiger partial charge on any atom is 0.0724 e. The molecule has 90 valence electrons. The number of hydrogen-bond acceptors (Lipinski definition) is 4. The van der Waals surface area contributed by atoms with Crippen LogP contribution in [0.3, 0.4) is 0 Å². The highest BCUT2D eigenvalue weighted by molar-refractivity contribution is 5.96. The number of aromatic nitrogens is 1. The molecule has 0 unspecified atom stereocenters. The van der Waals surface area contributed by atoms with Crippen molar-refractivity contribution in [3.05, 3.63) is 30.5 Å². The van der Waals surface area contributed by atoms with E-state index in [1.165, 1.54) is 0 Å². The Morgan fingerprint density at radius 1 is 1.35 bits per heavy atom. The molecule has 0 fully saturated rings. The van der Waals surface area contributed by atoms with Gasteiger partial charge in [-0.15, -0.1) is 0 Å². The fourth-order valence-electron chi connectivity index (χ4n) is 1.77. The molecule has 4 nitrogen and oxygen atoms in total. The number of nitrogens with zero attached hydrogens (tertiary/aromatic N) is 1. The third kappa shape index (κ3) is 2.65. The lowest BCUT2D eigenvalue weighted by Crippen LogP contribution is -2.06. The minimum Gasteiger partial charge on any atom is -0.397 e. The maximum atomic E-state index is 6.10. The average Bonchev–Trinajstić information content (AvgIpc) is 2.37. The van der Waals surface area contributed by atoms with Crippen LogP contribution in [0.5, 0.6) is 0 Å². The summed E-state index contributed by atoms with van der Waals surface area (Å²) in [6, 6.07) is 7.83. The van der Waals surface area contributed by atoms with Gasteiger partial charge in [0, 0.05) is 31.8 Å². The van der Waals surface area contributed by atoms with Crippen LogP contribution in [0.2, 0.25) is 0 Å². The summed E-state index contributed by atoms with van der Waals surface area (Å²) in [6.45, 7) is 1.60. The number of fused-ring (bicyclic) bond motifs is 1. The van der Waals surface area contributed by atoms with E-state index < -0.39 is 0 Å². The Morgan fingerprint density at radius 2 is 2.24 bits per heavy atom. The van der Waals surface area contributed by atoms with Gasteiger partial charge in [-0.05, 0) is 30.7 Å². The number of methoxy groups -OCH3 is 1. The van der Waals surface area contributed by atoms with Crippen molar-refractivity contribution < 1.29 is 4.74 Å². The van der Waals surface area contributed by atoms with Crippen LogP contribution in [0, 0.1) is 0 Å². The van der Waals surface area contributed by atoms with Crippen molar-refractivity contribution in [1.29, 1.82) is 0 Å². The lowest BCUT2D eigenvalue weighted by Gasteiger charge is -2.11. The van der Waals surface area contributed by atoms with E-state index in [0.717, 1.165) is 41.9 Å². The molecule has 0 amide bonds. The molecule has 0 atom stereocenters. The van der Waals surface area contributed by atoms with Crippen LogP contribution < -0.4 is 11.1 Å². The molecular weight excluding hydrogens is 214 g/mol. The van der Waals surface area contributed by atoms with Crippen molar-refractivity contribution in [3.8, 4) is 0 Å². The van der Waals surface area contributed by atoms with Gasteiger partial charge in [0.05, 0.1) is 16.9 Å². The van der Waals surface area contributed by atoms with E-state index in [9.17, 15) is 0 Å². The predicted molar refractivity (Wildman–Crippen MR) is 71.1 cm³/mol. The molecule has 2 aromatic rings. The molecule has 1 heterocycles. The number of anilines is 2. The Kier molecular flexibility index (Phi) is 3.77. The number of benzene rings is 1. The van der Waals surface area contributed by atoms with E-state index in [-0.39, 0.29) is 0 Å².